The Morgan fingerprint density at radius 3 is 2.40 bits per heavy atom. The minimum Gasteiger partial charge on any atom is -0.484 e. The van der Waals surface area contributed by atoms with Gasteiger partial charge in [-0.15, -0.1) is 0 Å². The summed E-state index contributed by atoms with van der Waals surface area (Å²) in [4.78, 5) is 2.15. The van der Waals surface area contributed by atoms with E-state index in [1.165, 1.54) is 11.1 Å². The number of likely N-dealkylation sites (tertiary alicyclic amines) is 1. The van der Waals surface area contributed by atoms with Gasteiger partial charge in [0.25, 0.3) is 0 Å². The van der Waals surface area contributed by atoms with Gasteiger partial charge < -0.3 is 9.84 Å². The molecule has 2 aromatic rings. The number of nitrogens with zero attached hydrogens (tertiary/aromatic N) is 1. The van der Waals surface area contributed by atoms with Gasteiger partial charge in [-0.25, -0.2) is 0 Å². The van der Waals surface area contributed by atoms with Crippen LogP contribution in [0.4, 0.5) is 0 Å². The minimum absolute atomic E-state index is 0.226. The maximum absolute atomic E-state index is 11.1. The molecule has 3 rings (SSSR count). The lowest BCUT2D eigenvalue weighted by molar-refractivity contribution is -0.123. The summed E-state index contributed by atoms with van der Waals surface area (Å²) in [5.41, 5.74) is 1.77. The summed E-state index contributed by atoms with van der Waals surface area (Å²) >= 11 is 5.93. The second-order valence-corrected chi connectivity index (χ2v) is 7.78. The minimum atomic E-state index is -0.735. The van der Waals surface area contributed by atoms with Gasteiger partial charge in [0, 0.05) is 17.6 Å². The third-order valence-electron chi connectivity index (χ3n) is 4.89. The van der Waals surface area contributed by atoms with Gasteiger partial charge in [0.2, 0.25) is 0 Å². The lowest BCUT2D eigenvalue weighted by Gasteiger charge is -2.39. The van der Waals surface area contributed by atoms with Crippen LogP contribution < -0.4 is 4.74 Å². The topological polar surface area (TPSA) is 32.7 Å². The molecule has 0 saturated carbocycles. The molecule has 1 fully saturated rings. The van der Waals surface area contributed by atoms with Crippen molar-refractivity contribution in [3.63, 3.8) is 0 Å². The highest BCUT2D eigenvalue weighted by atomic mass is 35.5. The third-order valence-corrected chi connectivity index (χ3v) is 5.14. The Labute approximate surface area is 155 Å². The first-order chi connectivity index (χ1) is 11.9. The molecular formula is C21H26ClNO2. The third kappa shape index (κ3) is 4.17. The first-order valence-corrected chi connectivity index (χ1v) is 9.19. The molecule has 2 aromatic carbocycles. The smallest absolute Gasteiger partial charge is 0.147 e. The lowest BCUT2D eigenvalue weighted by atomic mass is 10.0. The highest BCUT2D eigenvalue weighted by Gasteiger charge is 2.40. The SMILES string of the molecule is Cc1ccc(C2CCCN2C(O)C(C)(C)Oc2ccc(Cl)cc2)cc1. The van der Waals surface area contributed by atoms with E-state index < -0.39 is 11.8 Å². The molecule has 0 spiro atoms. The van der Waals surface area contributed by atoms with Crippen molar-refractivity contribution in [2.24, 2.45) is 0 Å². The molecule has 0 bridgehead atoms. The number of benzene rings is 2. The van der Waals surface area contributed by atoms with E-state index in [1.54, 1.807) is 12.1 Å². The Kier molecular flexibility index (Phi) is 5.38. The van der Waals surface area contributed by atoms with Crippen LogP contribution in [-0.2, 0) is 0 Å². The van der Waals surface area contributed by atoms with Gasteiger partial charge in [-0.2, -0.15) is 0 Å². The molecule has 0 radical (unpaired) electrons. The zero-order valence-electron chi connectivity index (χ0n) is 15.1. The van der Waals surface area contributed by atoms with Crippen LogP contribution in [0.5, 0.6) is 5.75 Å². The van der Waals surface area contributed by atoms with E-state index in [9.17, 15) is 5.11 Å². The average Bonchev–Trinajstić information content (AvgIpc) is 3.06. The van der Waals surface area contributed by atoms with Gasteiger partial charge in [0.1, 0.15) is 17.6 Å². The Bertz CT molecular complexity index is 697. The quantitative estimate of drug-likeness (QED) is 0.818. The Morgan fingerprint density at radius 1 is 1.12 bits per heavy atom. The molecule has 2 unspecified atom stereocenters. The largest absolute Gasteiger partial charge is 0.484 e. The van der Waals surface area contributed by atoms with Crippen LogP contribution in [0.2, 0.25) is 5.02 Å². The summed E-state index contributed by atoms with van der Waals surface area (Å²) in [6, 6.07) is 16.1. The van der Waals surface area contributed by atoms with E-state index in [-0.39, 0.29) is 6.04 Å². The summed E-state index contributed by atoms with van der Waals surface area (Å²) in [6.07, 6.45) is 1.43. The summed E-state index contributed by atoms with van der Waals surface area (Å²) < 4.78 is 6.08. The zero-order chi connectivity index (χ0) is 18.0. The predicted octanol–water partition coefficient (Wildman–Crippen LogP) is 4.96. The van der Waals surface area contributed by atoms with E-state index in [1.807, 2.05) is 26.0 Å². The summed E-state index contributed by atoms with van der Waals surface area (Å²) in [5, 5.41) is 11.7. The first kappa shape index (κ1) is 18.2. The van der Waals surface area contributed by atoms with E-state index in [4.69, 9.17) is 16.3 Å². The van der Waals surface area contributed by atoms with Crippen molar-refractivity contribution in [1.82, 2.24) is 4.90 Å². The van der Waals surface area contributed by atoms with Crippen LogP contribution in [-0.4, -0.2) is 28.4 Å². The van der Waals surface area contributed by atoms with E-state index in [2.05, 4.69) is 36.1 Å². The number of aliphatic hydroxyl groups excluding tert-OH is 1. The van der Waals surface area contributed by atoms with Crippen LogP contribution in [0.1, 0.15) is 43.9 Å². The number of ether oxygens (including phenoxy) is 1. The lowest BCUT2D eigenvalue weighted by Crippen LogP contribution is -2.52. The number of aryl methyl sites for hydroxylation is 1. The highest BCUT2D eigenvalue weighted by molar-refractivity contribution is 6.30. The fraction of sp³-hybridized carbons (Fsp3) is 0.429. The molecule has 1 saturated heterocycles. The number of hydrogen-bond acceptors (Lipinski definition) is 3. The number of halogens is 1. The first-order valence-electron chi connectivity index (χ1n) is 8.82. The van der Waals surface area contributed by atoms with Crippen LogP contribution in [0.15, 0.2) is 48.5 Å². The van der Waals surface area contributed by atoms with E-state index >= 15 is 0 Å². The molecule has 1 aliphatic heterocycles. The van der Waals surface area contributed by atoms with Crippen molar-refractivity contribution < 1.29 is 9.84 Å². The van der Waals surface area contributed by atoms with Crippen LogP contribution in [0.3, 0.4) is 0 Å². The molecular weight excluding hydrogens is 334 g/mol. The van der Waals surface area contributed by atoms with E-state index in [0.717, 1.165) is 19.4 Å². The van der Waals surface area contributed by atoms with Crippen molar-refractivity contribution in [3.05, 3.63) is 64.7 Å². The molecule has 4 heteroatoms. The Hall–Kier alpha value is -1.55. The summed E-state index contributed by atoms with van der Waals surface area (Å²) in [5.74, 6) is 0.708. The number of hydrogen-bond donors (Lipinski definition) is 1. The Morgan fingerprint density at radius 2 is 1.76 bits per heavy atom. The normalized spacial score (nSPS) is 19.8. The van der Waals surface area contributed by atoms with Crippen LogP contribution in [0.25, 0.3) is 0 Å². The summed E-state index contributed by atoms with van der Waals surface area (Å²) in [6.45, 7) is 6.81. The molecule has 0 aromatic heterocycles. The van der Waals surface area contributed by atoms with Gasteiger partial charge in [0.15, 0.2) is 0 Å². The van der Waals surface area contributed by atoms with Crippen molar-refractivity contribution in [1.29, 1.82) is 0 Å². The molecule has 134 valence electrons. The molecule has 1 aliphatic rings. The zero-order valence-corrected chi connectivity index (χ0v) is 15.8. The van der Waals surface area contributed by atoms with E-state index in [0.29, 0.717) is 10.8 Å². The fourth-order valence-corrected chi connectivity index (χ4v) is 3.61. The Balaban J connectivity index is 1.76. The second kappa shape index (κ2) is 7.36. The number of aliphatic hydroxyl groups is 1. The van der Waals surface area contributed by atoms with Crippen molar-refractivity contribution in [2.45, 2.75) is 51.5 Å². The van der Waals surface area contributed by atoms with Gasteiger partial charge in [-0.05, 0) is 63.4 Å². The van der Waals surface area contributed by atoms with Crippen LogP contribution >= 0.6 is 11.6 Å². The summed E-state index contributed by atoms with van der Waals surface area (Å²) in [7, 11) is 0. The monoisotopic (exact) mass is 359 g/mol. The molecule has 25 heavy (non-hydrogen) atoms. The highest BCUT2D eigenvalue weighted by Crippen LogP contribution is 2.36. The molecule has 2 atom stereocenters. The van der Waals surface area contributed by atoms with Crippen molar-refractivity contribution in [2.75, 3.05) is 6.54 Å². The van der Waals surface area contributed by atoms with Gasteiger partial charge in [-0.3, -0.25) is 4.90 Å². The maximum atomic E-state index is 11.1. The molecule has 1 N–H and O–H groups in total. The van der Waals surface area contributed by atoms with Crippen molar-refractivity contribution >= 4 is 11.6 Å². The molecule has 0 amide bonds. The van der Waals surface area contributed by atoms with Gasteiger partial charge in [-0.1, -0.05) is 41.4 Å². The maximum Gasteiger partial charge on any atom is 0.147 e. The van der Waals surface area contributed by atoms with Gasteiger partial charge >= 0.3 is 0 Å². The predicted molar refractivity (Wildman–Crippen MR) is 102 cm³/mol. The standard InChI is InChI=1S/C21H26ClNO2/c1-15-6-8-16(9-7-15)19-5-4-14-23(19)20(24)21(2,3)25-18-12-10-17(22)11-13-18/h6-13,19-20,24H,4-5,14H2,1-3H3. The second-order valence-electron chi connectivity index (χ2n) is 7.34. The van der Waals surface area contributed by atoms with Crippen molar-refractivity contribution in [3.8, 4) is 5.75 Å². The fourth-order valence-electron chi connectivity index (χ4n) is 3.49. The molecule has 3 nitrogen and oxygen atoms in total. The molecule has 1 heterocycles. The van der Waals surface area contributed by atoms with Crippen LogP contribution in [0, 0.1) is 6.92 Å². The average molecular weight is 360 g/mol. The number of rotatable bonds is 5. The molecule has 0 aliphatic carbocycles. The van der Waals surface area contributed by atoms with Gasteiger partial charge in [0.05, 0.1) is 0 Å².